The number of likely N-dealkylation sites (tertiary alicyclic amines) is 1. The number of ether oxygens (including phenoxy) is 2. The molecular weight excluding hydrogens is 410 g/mol. The summed E-state index contributed by atoms with van der Waals surface area (Å²) in [6.45, 7) is 1.16. The predicted octanol–water partition coefficient (Wildman–Crippen LogP) is 3.58. The first-order valence-corrected chi connectivity index (χ1v) is 9.01. The lowest BCUT2D eigenvalue weighted by atomic mass is 10.1. The molecule has 1 aromatic heterocycles. The van der Waals surface area contributed by atoms with Gasteiger partial charge in [-0.05, 0) is 47.0 Å². The average Bonchev–Trinajstić information content (AvgIpc) is 2.64. The first-order valence-electron chi connectivity index (χ1n) is 7.84. The fourth-order valence-corrected chi connectivity index (χ4v) is 3.21. The molecule has 0 bridgehead atoms. The first kappa shape index (κ1) is 17.9. The second-order valence-electron chi connectivity index (χ2n) is 5.66. The zero-order valence-corrected chi connectivity index (χ0v) is 16.0. The Balaban J connectivity index is 1.70. The molecule has 0 aliphatic carbocycles. The normalized spacial score (nSPS) is 17.2. The molecule has 0 saturated carbocycles. The quantitative estimate of drug-likeness (QED) is 0.747. The van der Waals surface area contributed by atoms with Gasteiger partial charge in [0.2, 0.25) is 0 Å². The maximum absolute atomic E-state index is 12.9. The van der Waals surface area contributed by atoms with Crippen molar-refractivity contribution in [2.75, 3.05) is 20.2 Å². The van der Waals surface area contributed by atoms with Crippen LogP contribution in [0, 0.1) is 0 Å². The number of piperidine rings is 1. The highest BCUT2D eigenvalue weighted by atomic mass is 79.9. The Morgan fingerprint density at radius 2 is 2.12 bits per heavy atom. The zero-order chi connectivity index (χ0) is 17.8. The number of nitrogens with zero attached hydrogens (tertiary/aromatic N) is 3. The summed E-state index contributed by atoms with van der Waals surface area (Å²) in [6.07, 6.45) is 4.52. The van der Waals surface area contributed by atoms with Crippen LogP contribution in [0.2, 0.25) is 5.02 Å². The lowest BCUT2D eigenvalue weighted by Gasteiger charge is -2.32. The van der Waals surface area contributed by atoms with Gasteiger partial charge in [-0.15, -0.1) is 0 Å². The van der Waals surface area contributed by atoms with Gasteiger partial charge in [0.25, 0.3) is 5.91 Å². The van der Waals surface area contributed by atoms with E-state index in [1.54, 1.807) is 24.1 Å². The largest absolute Gasteiger partial charge is 0.497 e. The Morgan fingerprint density at radius 3 is 2.84 bits per heavy atom. The van der Waals surface area contributed by atoms with Gasteiger partial charge < -0.3 is 14.4 Å². The molecule has 8 heteroatoms. The van der Waals surface area contributed by atoms with Crippen LogP contribution in [0.3, 0.4) is 0 Å². The Labute approximate surface area is 159 Å². The van der Waals surface area contributed by atoms with Gasteiger partial charge in [0.1, 0.15) is 11.9 Å². The summed E-state index contributed by atoms with van der Waals surface area (Å²) < 4.78 is 11.7. The van der Waals surface area contributed by atoms with Gasteiger partial charge in [-0.3, -0.25) is 4.79 Å². The SMILES string of the molecule is COc1ccc(Br)c(C(=O)N2CCCC(Oc3ncc(Cl)cn3)C2)c1. The van der Waals surface area contributed by atoms with Crippen LogP contribution in [0.5, 0.6) is 11.8 Å². The summed E-state index contributed by atoms with van der Waals surface area (Å²) in [7, 11) is 1.58. The summed E-state index contributed by atoms with van der Waals surface area (Å²) in [5.74, 6) is 0.585. The zero-order valence-electron chi connectivity index (χ0n) is 13.6. The maximum Gasteiger partial charge on any atom is 0.316 e. The van der Waals surface area contributed by atoms with E-state index in [-0.39, 0.29) is 18.0 Å². The van der Waals surface area contributed by atoms with E-state index in [9.17, 15) is 4.79 Å². The van der Waals surface area contributed by atoms with Crippen molar-refractivity contribution < 1.29 is 14.3 Å². The van der Waals surface area contributed by atoms with Crippen LogP contribution in [0.25, 0.3) is 0 Å². The topological polar surface area (TPSA) is 64.5 Å². The van der Waals surface area contributed by atoms with Gasteiger partial charge in [-0.1, -0.05) is 11.6 Å². The van der Waals surface area contributed by atoms with E-state index in [2.05, 4.69) is 25.9 Å². The van der Waals surface area contributed by atoms with Gasteiger partial charge >= 0.3 is 6.01 Å². The minimum Gasteiger partial charge on any atom is -0.497 e. The summed E-state index contributed by atoms with van der Waals surface area (Å²) in [5, 5.41) is 0.454. The highest BCUT2D eigenvalue weighted by molar-refractivity contribution is 9.10. The van der Waals surface area contributed by atoms with Crippen molar-refractivity contribution in [3.63, 3.8) is 0 Å². The van der Waals surface area contributed by atoms with Crippen LogP contribution in [0.1, 0.15) is 23.2 Å². The smallest absolute Gasteiger partial charge is 0.316 e. The maximum atomic E-state index is 12.9. The van der Waals surface area contributed by atoms with Crippen molar-refractivity contribution in [3.8, 4) is 11.8 Å². The Morgan fingerprint density at radius 1 is 1.36 bits per heavy atom. The molecule has 3 rings (SSSR count). The highest BCUT2D eigenvalue weighted by Gasteiger charge is 2.27. The van der Waals surface area contributed by atoms with E-state index in [1.165, 1.54) is 12.4 Å². The molecule has 1 aromatic carbocycles. The molecule has 1 saturated heterocycles. The highest BCUT2D eigenvalue weighted by Crippen LogP contribution is 2.25. The van der Waals surface area contributed by atoms with Gasteiger partial charge in [-0.25, -0.2) is 9.97 Å². The van der Waals surface area contributed by atoms with E-state index >= 15 is 0 Å². The third kappa shape index (κ3) is 4.41. The van der Waals surface area contributed by atoms with Gasteiger partial charge in [0.15, 0.2) is 0 Å². The minimum atomic E-state index is -0.150. The van der Waals surface area contributed by atoms with Gasteiger partial charge in [0, 0.05) is 11.0 Å². The number of amides is 1. The molecular formula is C17H17BrClN3O3. The van der Waals surface area contributed by atoms with E-state index in [1.807, 2.05) is 6.07 Å². The summed E-state index contributed by atoms with van der Waals surface area (Å²) in [4.78, 5) is 22.7. The molecule has 6 nitrogen and oxygen atoms in total. The number of methoxy groups -OCH3 is 1. The van der Waals surface area contributed by atoms with E-state index in [0.717, 1.165) is 17.3 Å². The van der Waals surface area contributed by atoms with Crippen molar-refractivity contribution in [3.05, 3.63) is 45.7 Å². The molecule has 1 aliphatic rings. The van der Waals surface area contributed by atoms with Crippen molar-refractivity contribution in [1.82, 2.24) is 14.9 Å². The molecule has 1 aliphatic heterocycles. The third-order valence-corrected chi connectivity index (χ3v) is 4.82. The molecule has 0 N–H and O–H groups in total. The van der Waals surface area contributed by atoms with E-state index in [0.29, 0.717) is 29.4 Å². The molecule has 2 aromatic rings. The Kier molecular flexibility index (Phi) is 5.75. The van der Waals surface area contributed by atoms with Gasteiger partial charge in [0.05, 0.1) is 36.6 Å². The van der Waals surface area contributed by atoms with Crippen molar-refractivity contribution >= 4 is 33.4 Å². The van der Waals surface area contributed by atoms with Gasteiger partial charge in [-0.2, -0.15) is 0 Å². The summed E-state index contributed by atoms with van der Waals surface area (Å²) >= 11 is 9.21. The predicted molar refractivity (Wildman–Crippen MR) is 97.3 cm³/mol. The first-order chi connectivity index (χ1) is 12.1. The molecule has 1 amide bonds. The van der Waals surface area contributed by atoms with Crippen LogP contribution in [-0.2, 0) is 0 Å². The molecule has 25 heavy (non-hydrogen) atoms. The second kappa shape index (κ2) is 8.01. The van der Waals surface area contributed by atoms with Crippen LogP contribution >= 0.6 is 27.5 Å². The number of rotatable bonds is 4. The van der Waals surface area contributed by atoms with Crippen molar-refractivity contribution in [1.29, 1.82) is 0 Å². The lowest BCUT2D eigenvalue weighted by Crippen LogP contribution is -2.44. The van der Waals surface area contributed by atoms with Crippen molar-refractivity contribution in [2.45, 2.75) is 18.9 Å². The minimum absolute atomic E-state index is 0.0592. The summed E-state index contributed by atoms with van der Waals surface area (Å²) in [6, 6.07) is 5.62. The fraction of sp³-hybridized carbons (Fsp3) is 0.353. The summed E-state index contributed by atoms with van der Waals surface area (Å²) in [5.41, 5.74) is 0.572. The number of benzene rings is 1. The van der Waals surface area contributed by atoms with E-state index < -0.39 is 0 Å². The number of hydrogen-bond donors (Lipinski definition) is 0. The standard InChI is InChI=1S/C17H17BrClN3O3/c1-24-12-4-5-15(18)14(7-12)16(23)22-6-2-3-13(10-22)25-17-20-8-11(19)9-21-17/h4-5,7-9,13H,2-3,6,10H2,1H3. The second-order valence-corrected chi connectivity index (χ2v) is 6.95. The van der Waals surface area contributed by atoms with Crippen molar-refractivity contribution in [2.24, 2.45) is 0 Å². The molecule has 1 fully saturated rings. The number of aromatic nitrogens is 2. The van der Waals surface area contributed by atoms with Crippen LogP contribution < -0.4 is 9.47 Å². The molecule has 0 radical (unpaired) electrons. The number of halogens is 2. The molecule has 0 spiro atoms. The Hall–Kier alpha value is -1.86. The van der Waals surface area contributed by atoms with Crippen LogP contribution in [0.15, 0.2) is 35.1 Å². The molecule has 1 unspecified atom stereocenters. The molecule has 132 valence electrons. The fourth-order valence-electron chi connectivity index (χ4n) is 2.69. The number of carbonyl (C=O) groups excluding carboxylic acids is 1. The monoisotopic (exact) mass is 425 g/mol. The van der Waals surface area contributed by atoms with Crippen LogP contribution in [-0.4, -0.2) is 47.1 Å². The van der Waals surface area contributed by atoms with Crippen LogP contribution in [0.4, 0.5) is 0 Å². The number of carbonyl (C=O) groups is 1. The molecule has 2 heterocycles. The average molecular weight is 427 g/mol. The van der Waals surface area contributed by atoms with E-state index in [4.69, 9.17) is 21.1 Å². The Bertz CT molecular complexity index is 757. The third-order valence-electron chi connectivity index (χ3n) is 3.94. The molecule has 1 atom stereocenters. The number of hydrogen-bond acceptors (Lipinski definition) is 5. The lowest BCUT2D eigenvalue weighted by molar-refractivity contribution is 0.0515.